The second-order valence-corrected chi connectivity index (χ2v) is 5.74. The van der Waals surface area contributed by atoms with Crippen LogP contribution < -0.4 is 5.73 Å². The quantitative estimate of drug-likeness (QED) is 0.473. The minimum atomic E-state index is -0.700. The van der Waals surface area contributed by atoms with Gasteiger partial charge in [-0.05, 0) is 22.6 Å². The average molecular weight is 354 g/mol. The molecule has 5 nitrogen and oxygen atoms in total. The highest BCUT2D eigenvalue weighted by Gasteiger charge is 2.30. The summed E-state index contributed by atoms with van der Waals surface area (Å²) >= 11 is 1.83. The fourth-order valence-corrected chi connectivity index (χ4v) is 2.04. The molecule has 1 aromatic heterocycles. The Hall–Kier alpha value is -1.67. The van der Waals surface area contributed by atoms with Gasteiger partial charge in [0.25, 0.3) is 0 Å². The fraction of sp³-hybridized carbons (Fsp3) is 0.333. The summed E-state index contributed by atoms with van der Waals surface area (Å²) in [4.78, 5) is 16.2. The minimum Gasteiger partial charge on any atom is -0.383 e. The maximum Gasteiger partial charge on any atom is 0.171 e. The fourth-order valence-electron chi connectivity index (χ4n) is 1.39. The van der Waals surface area contributed by atoms with Gasteiger partial charge < -0.3 is 5.73 Å². The van der Waals surface area contributed by atoms with E-state index in [1.807, 2.05) is 34.7 Å². The Bertz CT molecular complexity index is 564. The Kier molecular flexibility index (Phi) is 3.92. The molecule has 0 atom stereocenters. The van der Waals surface area contributed by atoms with Crippen LogP contribution in [0.15, 0.2) is 0 Å². The molecular formula is C12H11IN4O. The van der Waals surface area contributed by atoms with E-state index in [1.54, 1.807) is 20.8 Å². The number of anilines is 1. The van der Waals surface area contributed by atoms with Crippen LogP contribution in [-0.2, 0) is 0 Å². The first-order chi connectivity index (χ1) is 8.23. The second-order valence-electron chi connectivity index (χ2n) is 4.72. The van der Waals surface area contributed by atoms with E-state index in [4.69, 9.17) is 16.3 Å². The molecule has 2 N–H and O–H groups in total. The van der Waals surface area contributed by atoms with Gasteiger partial charge in [-0.2, -0.15) is 10.5 Å². The van der Waals surface area contributed by atoms with Gasteiger partial charge in [-0.15, -0.1) is 0 Å². The van der Waals surface area contributed by atoms with Crippen LogP contribution in [0, 0.1) is 31.8 Å². The molecule has 0 amide bonds. The van der Waals surface area contributed by atoms with Gasteiger partial charge in [0.2, 0.25) is 0 Å². The third-order valence-electron chi connectivity index (χ3n) is 2.31. The highest BCUT2D eigenvalue weighted by molar-refractivity contribution is 14.1. The zero-order valence-electron chi connectivity index (χ0n) is 10.2. The summed E-state index contributed by atoms with van der Waals surface area (Å²) in [6.07, 6.45) is 0. The lowest BCUT2D eigenvalue weighted by atomic mass is 9.83. The smallest absolute Gasteiger partial charge is 0.171 e. The van der Waals surface area contributed by atoms with Gasteiger partial charge in [0, 0.05) is 5.41 Å². The molecule has 0 fully saturated rings. The summed E-state index contributed by atoms with van der Waals surface area (Å²) in [5.74, 6) is -0.309. The molecule has 6 heteroatoms. The molecule has 0 saturated carbocycles. The van der Waals surface area contributed by atoms with E-state index >= 15 is 0 Å². The predicted octanol–water partition coefficient (Wildman–Crippen LogP) is 2.24. The molecule has 92 valence electrons. The molecule has 0 aliphatic carbocycles. The van der Waals surface area contributed by atoms with Gasteiger partial charge in [-0.1, -0.05) is 20.8 Å². The number of halogens is 1. The molecule has 1 aromatic rings. The molecule has 0 bridgehead atoms. The molecule has 0 saturated heterocycles. The molecule has 0 aliphatic rings. The maximum atomic E-state index is 12.3. The first-order valence-corrected chi connectivity index (χ1v) is 6.15. The van der Waals surface area contributed by atoms with Crippen LogP contribution in [0.4, 0.5) is 5.82 Å². The number of rotatable bonds is 1. The summed E-state index contributed by atoms with van der Waals surface area (Å²) in [6.45, 7) is 5.17. The molecule has 0 spiro atoms. The largest absolute Gasteiger partial charge is 0.383 e. The summed E-state index contributed by atoms with van der Waals surface area (Å²) in [5, 5.41) is 18.2. The number of nitrogens with zero attached hydrogens (tertiary/aromatic N) is 3. The van der Waals surface area contributed by atoms with Crippen molar-refractivity contribution >= 4 is 34.2 Å². The molecule has 1 rings (SSSR count). The maximum absolute atomic E-state index is 12.3. The third-order valence-corrected chi connectivity index (χ3v) is 3.09. The summed E-state index contributed by atoms with van der Waals surface area (Å²) < 4.78 is 0.333. The predicted molar refractivity (Wildman–Crippen MR) is 74.6 cm³/mol. The van der Waals surface area contributed by atoms with Crippen molar-refractivity contribution in [3.05, 3.63) is 20.4 Å². The Morgan fingerprint density at radius 2 is 1.78 bits per heavy atom. The number of Topliss-reactive ketones (excluding diaryl/α,β-unsaturated/α-hetero) is 1. The van der Waals surface area contributed by atoms with Gasteiger partial charge in [0.1, 0.15) is 27.2 Å². The second kappa shape index (κ2) is 4.91. The number of pyridine rings is 1. The monoisotopic (exact) mass is 354 g/mol. The van der Waals surface area contributed by atoms with Crippen molar-refractivity contribution < 1.29 is 4.79 Å². The van der Waals surface area contributed by atoms with Crippen LogP contribution in [0.5, 0.6) is 0 Å². The summed E-state index contributed by atoms with van der Waals surface area (Å²) in [6, 6.07) is 3.78. The van der Waals surface area contributed by atoms with Crippen molar-refractivity contribution in [3.63, 3.8) is 0 Å². The number of ketones is 1. The van der Waals surface area contributed by atoms with Crippen molar-refractivity contribution in [1.29, 1.82) is 10.5 Å². The molecule has 0 aromatic carbocycles. The topological polar surface area (TPSA) is 104 Å². The van der Waals surface area contributed by atoms with Crippen LogP contribution in [0.2, 0.25) is 0 Å². The first kappa shape index (κ1) is 14.4. The number of carbonyl (C=O) groups excluding carboxylic acids is 1. The van der Waals surface area contributed by atoms with Gasteiger partial charge in [0.15, 0.2) is 5.78 Å². The van der Waals surface area contributed by atoms with E-state index in [0.717, 1.165) is 0 Å². The van der Waals surface area contributed by atoms with Crippen LogP contribution in [-0.4, -0.2) is 10.8 Å². The number of nitrogens with two attached hydrogens (primary N) is 1. The van der Waals surface area contributed by atoms with Crippen molar-refractivity contribution in [2.24, 2.45) is 5.41 Å². The van der Waals surface area contributed by atoms with Crippen molar-refractivity contribution in [3.8, 4) is 12.1 Å². The Labute approximate surface area is 119 Å². The summed E-state index contributed by atoms with van der Waals surface area (Å²) in [5.41, 5.74) is 5.10. The highest BCUT2D eigenvalue weighted by Crippen LogP contribution is 2.29. The van der Waals surface area contributed by atoms with Gasteiger partial charge in [0.05, 0.1) is 11.1 Å². The van der Waals surface area contributed by atoms with Crippen molar-refractivity contribution in [1.82, 2.24) is 4.98 Å². The van der Waals surface area contributed by atoms with E-state index < -0.39 is 5.41 Å². The molecule has 0 aliphatic heterocycles. The van der Waals surface area contributed by atoms with E-state index in [0.29, 0.717) is 3.70 Å². The van der Waals surface area contributed by atoms with E-state index in [-0.39, 0.29) is 28.3 Å². The van der Waals surface area contributed by atoms with Crippen molar-refractivity contribution in [2.75, 3.05) is 5.73 Å². The van der Waals surface area contributed by atoms with Gasteiger partial charge >= 0.3 is 0 Å². The Morgan fingerprint density at radius 3 is 2.17 bits per heavy atom. The van der Waals surface area contributed by atoms with Crippen LogP contribution in [0.25, 0.3) is 0 Å². The zero-order chi connectivity index (χ0) is 14.1. The van der Waals surface area contributed by atoms with Crippen LogP contribution in [0.3, 0.4) is 0 Å². The normalized spacial score (nSPS) is 10.6. The SMILES string of the molecule is CC(C)(C)C(=O)c1c(C#N)c(N)nc(I)c1C#N. The molecule has 0 radical (unpaired) electrons. The highest BCUT2D eigenvalue weighted by atomic mass is 127. The number of nitriles is 2. The van der Waals surface area contributed by atoms with Gasteiger partial charge in [-0.3, -0.25) is 4.79 Å². The molecule has 18 heavy (non-hydrogen) atoms. The number of hydrogen-bond donors (Lipinski definition) is 1. The number of hydrogen-bond acceptors (Lipinski definition) is 5. The van der Waals surface area contributed by atoms with Gasteiger partial charge in [-0.25, -0.2) is 4.98 Å². The zero-order valence-corrected chi connectivity index (χ0v) is 12.4. The number of nitrogen functional groups attached to an aromatic ring is 1. The number of carbonyl (C=O) groups is 1. The Morgan fingerprint density at radius 1 is 1.28 bits per heavy atom. The summed E-state index contributed by atoms with van der Waals surface area (Å²) in [7, 11) is 0. The van der Waals surface area contributed by atoms with E-state index in [9.17, 15) is 4.79 Å². The molecule has 1 heterocycles. The van der Waals surface area contributed by atoms with Crippen molar-refractivity contribution in [2.45, 2.75) is 20.8 Å². The van der Waals surface area contributed by atoms with E-state index in [2.05, 4.69) is 4.98 Å². The first-order valence-electron chi connectivity index (χ1n) is 5.08. The molecular weight excluding hydrogens is 343 g/mol. The standard InChI is InChI=1S/C12H11IN4O/c1-12(2,3)9(18)8-6(4-14)10(13)17-11(16)7(8)5-15/h1-3H3,(H2,16,17). The Balaban J connectivity index is 3.76. The molecule has 0 unspecified atom stereocenters. The average Bonchev–Trinajstić information content (AvgIpc) is 2.26. The lowest BCUT2D eigenvalue weighted by Crippen LogP contribution is -2.24. The van der Waals surface area contributed by atoms with Crippen LogP contribution in [0.1, 0.15) is 42.3 Å². The lowest BCUT2D eigenvalue weighted by molar-refractivity contribution is 0.0857. The third kappa shape index (κ3) is 2.44. The lowest BCUT2D eigenvalue weighted by Gasteiger charge is -2.19. The minimum absolute atomic E-state index is 0.0199. The van der Waals surface area contributed by atoms with Crippen LogP contribution >= 0.6 is 22.6 Å². The number of aromatic nitrogens is 1. The van der Waals surface area contributed by atoms with E-state index in [1.165, 1.54) is 0 Å².